The van der Waals surface area contributed by atoms with Crippen LogP contribution in [0.4, 0.5) is 22.0 Å². The van der Waals surface area contributed by atoms with E-state index < -0.39 is 6.03 Å². The van der Waals surface area contributed by atoms with Gasteiger partial charge in [-0.25, -0.2) is 15.2 Å². The minimum absolute atomic E-state index is 0.397. The molecule has 0 saturated heterocycles. The summed E-state index contributed by atoms with van der Waals surface area (Å²) < 4.78 is 0. The van der Waals surface area contributed by atoms with Gasteiger partial charge in [-0.15, -0.1) is 0 Å². The van der Waals surface area contributed by atoms with Gasteiger partial charge in [0.05, 0.1) is 5.69 Å². The molecule has 18 heavy (non-hydrogen) atoms. The molecule has 2 rings (SSSR count). The number of pyridine rings is 1. The van der Waals surface area contributed by atoms with Crippen LogP contribution in [0, 0.1) is 0 Å². The molecule has 0 aliphatic carbocycles. The van der Waals surface area contributed by atoms with E-state index in [1.165, 1.54) is 0 Å². The van der Waals surface area contributed by atoms with Crippen LogP contribution in [0.15, 0.2) is 48.7 Å². The van der Waals surface area contributed by atoms with Crippen molar-refractivity contribution >= 4 is 23.2 Å². The van der Waals surface area contributed by atoms with Gasteiger partial charge in [-0.2, -0.15) is 0 Å². The van der Waals surface area contributed by atoms with Crippen molar-refractivity contribution in [2.75, 3.05) is 16.5 Å². The molecule has 6 heteroatoms. The number of benzene rings is 1. The number of para-hydroxylation sites is 1. The summed E-state index contributed by atoms with van der Waals surface area (Å²) in [5.41, 5.74) is 11.9. The number of hydrogen-bond acceptors (Lipinski definition) is 4. The van der Waals surface area contributed by atoms with Crippen molar-refractivity contribution in [1.82, 2.24) is 10.4 Å². The van der Waals surface area contributed by atoms with Crippen molar-refractivity contribution < 1.29 is 4.79 Å². The van der Waals surface area contributed by atoms with Crippen molar-refractivity contribution in [2.45, 2.75) is 0 Å². The van der Waals surface area contributed by atoms with Crippen LogP contribution in [-0.4, -0.2) is 11.0 Å². The van der Waals surface area contributed by atoms with E-state index in [0.29, 0.717) is 17.2 Å². The zero-order valence-electron chi connectivity index (χ0n) is 9.55. The van der Waals surface area contributed by atoms with Gasteiger partial charge >= 0.3 is 6.03 Å². The number of amides is 2. The number of hydrazine groups is 1. The maximum Gasteiger partial charge on any atom is 0.337 e. The Labute approximate surface area is 104 Å². The Kier molecular flexibility index (Phi) is 3.60. The molecular weight excluding hydrogens is 230 g/mol. The van der Waals surface area contributed by atoms with Crippen molar-refractivity contribution in [3.63, 3.8) is 0 Å². The first kappa shape index (κ1) is 11.7. The monoisotopic (exact) mass is 243 g/mol. The Balaban J connectivity index is 1.88. The fourth-order valence-corrected chi connectivity index (χ4v) is 1.32. The van der Waals surface area contributed by atoms with Crippen LogP contribution in [0.1, 0.15) is 0 Å². The summed E-state index contributed by atoms with van der Waals surface area (Å²) in [5, 5.41) is 2.65. The molecule has 0 aliphatic heterocycles. The molecule has 0 bridgehead atoms. The van der Waals surface area contributed by atoms with E-state index in [2.05, 4.69) is 21.2 Å². The number of anilines is 3. The van der Waals surface area contributed by atoms with Crippen molar-refractivity contribution in [3.05, 3.63) is 48.7 Å². The number of urea groups is 1. The molecular formula is C12H13N5O. The molecule has 92 valence electrons. The molecule has 6 nitrogen and oxygen atoms in total. The fourth-order valence-electron chi connectivity index (χ4n) is 1.32. The van der Waals surface area contributed by atoms with Gasteiger partial charge in [0.2, 0.25) is 0 Å². The van der Waals surface area contributed by atoms with Gasteiger partial charge in [-0.1, -0.05) is 18.2 Å². The van der Waals surface area contributed by atoms with Gasteiger partial charge in [0.25, 0.3) is 0 Å². The maximum atomic E-state index is 11.5. The molecule has 0 spiro atoms. The quantitative estimate of drug-likeness (QED) is 0.619. The lowest BCUT2D eigenvalue weighted by molar-refractivity contribution is 0.254. The molecule has 2 amide bonds. The number of nitrogen functional groups attached to an aromatic ring is 1. The zero-order chi connectivity index (χ0) is 12.8. The summed E-state index contributed by atoms with van der Waals surface area (Å²) in [7, 11) is 0. The number of rotatable bonds is 3. The van der Waals surface area contributed by atoms with Crippen molar-refractivity contribution in [3.8, 4) is 0 Å². The van der Waals surface area contributed by atoms with Crippen LogP contribution in [0.3, 0.4) is 0 Å². The second kappa shape index (κ2) is 5.53. The topological polar surface area (TPSA) is 92.1 Å². The molecule has 1 heterocycles. The highest BCUT2D eigenvalue weighted by Crippen LogP contribution is 2.11. The maximum absolute atomic E-state index is 11.5. The number of nitrogens with one attached hydrogen (secondary N) is 3. The number of nitrogens with two attached hydrogens (primary N) is 1. The summed E-state index contributed by atoms with van der Waals surface area (Å²) in [6, 6.07) is 12.1. The average molecular weight is 243 g/mol. The second-order valence-corrected chi connectivity index (χ2v) is 3.51. The largest absolute Gasteiger partial charge is 0.396 e. The Morgan fingerprint density at radius 2 is 1.89 bits per heavy atom. The summed E-state index contributed by atoms with van der Waals surface area (Å²) in [6.07, 6.45) is 1.58. The molecule has 0 saturated carbocycles. The third-order valence-corrected chi connectivity index (χ3v) is 2.17. The SMILES string of the molecule is Nc1cccnc1NNC(=O)Nc1ccccc1. The highest BCUT2D eigenvalue weighted by Gasteiger charge is 2.02. The molecule has 0 radical (unpaired) electrons. The molecule has 0 atom stereocenters. The van der Waals surface area contributed by atoms with E-state index in [4.69, 9.17) is 5.73 Å². The lowest BCUT2D eigenvalue weighted by Crippen LogP contribution is -2.34. The number of carbonyl (C=O) groups is 1. The van der Waals surface area contributed by atoms with Crippen molar-refractivity contribution in [2.24, 2.45) is 0 Å². The molecule has 0 aliphatic rings. The van der Waals surface area contributed by atoms with E-state index >= 15 is 0 Å². The average Bonchev–Trinajstić information content (AvgIpc) is 2.39. The van der Waals surface area contributed by atoms with E-state index in [9.17, 15) is 4.79 Å². The summed E-state index contributed by atoms with van der Waals surface area (Å²) in [4.78, 5) is 15.5. The van der Waals surface area contributed by atoms with Gasteiger partial charge in [-0.3, -0.25) is 5.43 Å². The van der Waals surface area contributed by atoms with E-state index in [1.807, 2.05) is 18.2 Å². The Hall–Kier alpha value is -2.76. The molecule has 5 N–H and O–H groups in total. The number of carbonyl (C=O) groups excluding carboxylic acids is 1. The molecule has 0 fully saturated rings. The van der Waals surface area contributed by atoms with Gasteiger partial charge in [0.15, 0.2) is 5.82 Å². The minimum atomic E-state index is -0.397. The van der Waals surface area contributed by atoms with Crippen LogP contribution < -0.4 is 21.9 Å². The van der Waals surface area contributed by atoms with Gasteiger partial charge in [0, 0.05) is 11.9 Å². The van der Waals surface area contributed by atoms with E-state index in [-0.39, 0.29) is 0 Å². The minimum Gasteiger partial charge on any atom is -0.396 e. The highest BCUT2D eigenvalue weighted by molar-refractivity contribution is 5.90. The van der Waals surface area contributed by atoms with E-state index in [1.54, 1.807) is 30.5 Å². The predicted octanol–water partition coefficient (Wildman–Crippen LogP) is 1.81. The van der Waals surface area contributed by atoms with Crippen LogP contribution >= 0.6 is 0 Å². The third-order valence-electron chi connectivity index (χ3n) is 2.17. The Morgan fingerprint density at radius 3 is 2.61 bits per heavy atom. The van der Waals surface area contributed by atoms with Gasteiger partial charge in [0.1, 0.15) is 0 Å². The van der Waals surface area contributed by atoms with Crippen LogP contribution in [0.5, 0.6) is 0 Å². The standard InChI is InChI=1S/C12H13N5O/c13-10-7-4-8-14-11(10)16-17-12(18)15-9-5-2-1-3-6-9/h1-8H,13H2,(H,14,16)(H2,15,17,18). The van der Waals surface area contributed by atoms with Crippen LogP contribution in [-0.2, 0) is 0 Å². The van der Waals surface area contributed by atoms with Gasteiger partial charge < -0.3 is 11.1 Å². The number of aromatic nitrogens is 1. The smallest absolute Gasteiger partial charge is 0.337 e. The Bertz CT molecular complexity index is 529. The fraction of sp³-hybridized carbons (Fsp3) is 0. The Morgan fingerprint density at radius 1 is 1.11 bits per heavy atom. The molecule has 1 aromatic heterocycles. The first-order valence-corrected chi connectivity index (χ1v) is 5.34. The lowest BCUT2D eigenvalue weighted by Gasteiger charge is -2.10. The second-order valence-electron chi connectivity index (χ2n) is 3.51. The predicted molar refractivity (Wildman–Crippen MR) is 70.9 cm³/mol. The first-order chi connectivity index (χ1) is 8.75. The van der Waals surface area contributed by atoms with Crippen LogP contribution in [0.25, 0.3) is 0 Å². The zero-order valence-corrected chi connectivity index (χ0v) is 9.55. The number of nitrogens with zero attached hydrogens (tertiary/aromatic N) is 1. The highest BCUT2D eigenvalue weighted by atomic mass is 16.2. The first-order valence-electron chi connectivity index (χ1n) is 5.34. The van der Waals surface area contributed by atoms with Gasteiger partial charge in [-0.05, 0) is 24.3 Å². The normalized spacial score (nSPS) is 9.56. The summed E-state index contributed by atoms with van der Waals surface area (Å²) in [5.74, 6) is 0.403. The number of hydrogen-bond donors (Lipinski definition) is 4. The summed E-state index contributed by atoms with van der Waals surface area (Å²) >= 11 is 0. The lowest BCUT2D eigenvalue weighted by atomic mass is 10.3. The van der Waals surface area contributed by atoms with E-state index in [0.717, 1.165) is 0 Å². The molecule has 2 aromatic rings. The molecule has 1 aromatic carbocycles. The third kappa shape index (κ3) is 3.11. The summed E-state index contributed by atoms with van der Waals surface area (Å²) in [6.45, 7) is 0. The molecule has 0 unspecified atom stereocenters. The van der Waals surface area contributed by atoms with Crippen molar-refractivity contribution in [1.29, 1.82) is 0 Å². The van der Waals surface area contributed by atoms with Crippen LogP contribution in [0.2, 0.25) is 0 Å².